The van der Waals surface area contributed by atoms with Crippen LogP contribution in [-0.4, -0.2) is 82.9 Å². The Morgan fingerprint density at radius 3 is 2.35 bits per heavy atom. The summed E-state index contributed by atoms with van der Waals surface area (Å²) in [5.74, 6) is -1.43. The van der Waals surface area contributed by atoms with Crippen LogP contribution in [0.3, 0.4) is 0 Å². The maximum Gasteiger partial charge on any atom is 0.339 e. The molecule has 12 nitrogen and oxygen atoms in total. The lowest BCUT2D eigenvalue weighted by Crippen LogP contribution is -2.45. The van der Waals surface area contributed by atoms with Crippen molar-refractivity contribution in [3.63, 3.8) is 0 Å². The molecule has 4 fully saturated rings. The van der Waals surface area contributed by atoms with E-state index in [1.165, 1.54) is 5.57 Å². The number of rotatable bonds is 20. The molecule has 3 aliphatic carbocycles. The molecule has 2 aromatic rings. The molecule has 0 radical (unpaired) electrons. The minimum absolute atomic E-state index is 0.0207. The molecule has 0 bridgehead atoms. The number of aliphatic hydroxyl groups is 1. The van der Waals surface area contributed by atoms with Crippen LogP contribution in [0, 0.1) is 17.3 Å². The van der Waals surface area contributed by atoms with Crippen LogP contribution in [0.25, 0.3) is 6.08 Å². The lowest BCUT2D eigenvalue weighted by molar-refractivity contribution is -0.190. The summed E-state index contributed by atoms with van der Waals surface area (Å²) in [7, 11) is 0. The van der Waals surface area contributed by atoms with E-state index in [4.69, 9.17) is 23.7 Å². The summed E-state index contributed by atoms with van der Waals surface area (Å²) >= 11 is 0. The Hall–Kier alpha value is -4.36. The largest absolute Gasteiger partial charge is 0.460 e. The van der Waals surface area contributed by atoms with E-state index in [1.54, 1.807) is 39.0 Å². The maximum atomic E-state index is 14.6. The number of aliphatic hydroxyl groups excluding tert-OH is 1. The normalized spacial score (nSPS) is 27.7. The maximum absolute atomic E-state index is 14.6. The Kier molecular flexibility index (Phi) is 17.0. The van der Waals surface area contributed by atoms with E-state index in [-0.39, 0.29) is 55.4 Å². The number of amides is 2. The molecule has 2 aromatic carbocycles. The van der Waals surface area contributed by atoms with Crippen LogP contribution in [0.2, 0.25) is 0 Å². The highest BCUT2D eigenvalue weighted by molar-refractivity contribution is 5.96. The minimum atomic E-state index is -0.855. The molecule has 2 saturated heterocycles. The molecule has 0 aromatic heterocycles. The van der Waals surface area contributed by atoms with Crippen molar-refractivity contribution in [2.45, 2.75) is 212 Å². The number of allylic oxidation sites excluding steroid dienone is 1. The fraction of sp³-hybridized carbons (Fsp3) is 0.649. The van der Waals surface area contributed by atoms with Crippen LogP contribution >= 0.6 is 0 Å². The lowest BCUT2D eigenvalue weighted by atomic mass is 9.52. The fourth-order valence-corrected chi connectivity index (χ4v) is 11.3. The van der Waals surface area contributed by atoms with Gasteiger partial charge in [-0.15, -0.1) is 0 Å². The number of hydrogen-bond donors (Lipinski definition) is 3. The summed E-state index contributed by atoms with van der Waals surface area (Å²) < 4.78 is 32.0. The third kappa shape index (κ3) is 13.3. The van der Waals surface area contributed by atoms with Crippen molar-refractivity contribution in [3.05, 3.63) is 88.0 Å². The minimum Gasteiger partial charge on any atom is -0.460 e. The van der Waals surface area contributed by atoms with Crippen molar-refractivity contribution in [1.29, 1.82) is 0 Å². The smallest absolute Gasteiger partial charge is 0.339 e. The van der Waals surface area contributed by atoms with E-state index in [0.29, 0.717) is 46.9 Å². The number of esters is 2. The predicted octanol–water partition coefficient (Wildman–Crippen LogP) is 10.5. The van der Waals surface area contributed by atoms with Gasteiger partial charge in [-0.25, -0.2) is 4.79 Å². The van der Waals surface area contributed by atoms with E-state index in [2.05, 4.69) is 51.3 Å². The van der Waals surface area contributed by atoms with Crippen molar-refractivity contribution in [2.24, 2.45) is 17.3 Å². The van der Waals surface area contributed by atoms with Crippen LogP contribution in [0.4, 0.5) is 0 Å². The molecular weight excluding hydrogens is 873 g/mol. The quantitative estimate of drug-likeness (QED) is 0.0662. The summed E-state index contributed by atoms with van der Waals surface area (Å²) in [5, 5.41) is 15.8. The molecule has 2 heterocycles. The molecule has 2 saturated carbocycles. The first-order valence-electron chi connectivity index (χ1n) is 26.1. The molecule has 69 heavy (non-hydrogen) atoms. The number of hydrogen-bond acceptors (Lipinski definition) is 10. The van der Waals surface area contributed by atoms with E-state index < -0.39 is 53.6 Å². The highest BCUT2D eigenvalue weighted by Gasteiger charge is 2.56. The number of benzene rings is 2. The van der Waals surface area contributed by atoms with Gasteiger partial charge in [0.15, 0.2) is 5.79 Å². The van der Waals surface area contributed by atoms with Gasteiger partial charge in [-0.05, 0) is 132 Å². The Bertz CT molecular complexity index is 2200. The number of unbranched alkanes of at least 4 members (excludes halogenated alkanes) is 4. The molecule has 8 atom stereocenters. The van der Waals surface area contributed by atoms with Crippen LogP contribution in [0.5, 0.6) is 0 Å². The first-order valence-corrected chi connectivity index (χ1v) is 26.1. The molecule has 378 valence electrons. The third-order valence-electron chi connectivity index (χ3n) is 15.3. The SMILES string of the molecule is CCCCCC1(CCCCC)O[C@@H]2[C@@H](C=C(C(=O)NCc3cccc(C(=O)N[C@H](CO)CCC(=O)OC(C)(C)C)c3)C[C@H]2OC(=O)c2ccccc2C=C2CCC3O[C@]3(C)CC[C@@H]3[C@@H]2CC3(C)C)O1. The number of ether oxygens (including phenoxy) is 5. The van der Waals surface area contributed by atoms with E-state index in [1.807, 2.05) is 36.4 Å². The average Bonchev–Trinajstić information content (AvgIpc) is 3.79. The van der Waals surface area contributed by atoms with Gasteiger partial charge in [-0.2, -0.15) is 0 Å². The molecule has 2 amide bonds. The Labute approximate surface area is 411 Å². The summed E-state index contributed by atoms with van der Waals surface area (Å²) in [4.78, 5) is 54.4. The fourth-order valence-electron chi connectivity index (χ4n) is 11.3. The van der Waals surface area contributed by atoms with Crippen molar-refractivity contribution in [2.75, 3.05) is 6.61 Å². The third-order valence-corrected chi connectivity index (χ3v) is 15.3. The first-order chi connectivity index (χ1) is 32.8. The van der Waals surface area contributed by atoms with Crippen molar-refractivity contribution in [3.8, 4) is 0 Å². The molecule has 3 N–H and O–H groups in total. The van der Waals surface area contributed by atoms with Gasteiger partial charge in [-0.1, -0.05) is 95.4 Å². The molecule has 12 heteroatoms. The number of carbonyl (C=O) groups excluding carboxylic acids is 4. The van der Waals surface area contributed by atoms with Crippen LogP contribution < -0.4 is 10.6 Å². The molecule has 2 aliphatic heterocycles. The van der Waals surface area contributed by atoms with Gasteiger partial charge < -0.3 is 39.4 Å². The van der Waals surface area contributed by atoms with Crippen LogP contribution in [0.1, 0.15) is 190 Å². The average molecular weight is 953 g/mol. The zero-order valence-corrected chi connectivity index (χ0v) is 42.7. The summed E-state index contributed by atoms with van der Waals surface area (Å²) in [6.45, 7) is 16.5. The topological polar surface area (TPSA) is 162 Å². The van der Waals surface area contributed by atoms with Crippen LogP contribution in [0.15, 0.2) is 65.8 Å². The van der Waals surface area contributed by atoms with Crippen molar-refractivity contribution < 1.29 is 48.0 Å². The first kappa shape index (κ1) is 52.5. The summed E-state index contributed by atoms with van der Waals surface area (Å²) in [5.41, 5.74) is 3.78. The lowest BCUT2D eigenvalue weighted by Gasteiger charge is -2.53. The summed E-state index contributed by atoms with van der Waals surface area (Å²) in [6.07, 6.45) is 15.5. The molecule has 0 spiro atoms. The van der Waals surface area contributed by atoms with Crippen molar-refractivity contribution >= 4 is 29.8 Å². The van der Waals surface area contributed by atoms with Crippen LogP contribution in [-0.2, 0) is 39.8 Å². The van der Waals surface area contributed by atoms with Gasteiger partial charge in [0.2, 0.25) is 5.91 Å². The van der Waals surface area contributed by atoms with E-state index in [9.17, 15) is 24.3 Å². The van der Waals surface area contributed by atoms with Gasteiger partial charge in [0.05, 0.1) is 29.9 Å². The Morgan fingerprint density at radius 2 is 1.65 bits per heavy atom. The van der Waals surface area contributed by atoms with Gasteiger partial charge in [-0.3, -0.25) is 14.4 Å². The van der Waals surface area contributed by atoms with Gasteiger partial charge >= 0.3 is 11.9 Å². The number of epoxide rings is 1. The van der Waals surface area contributed by atoms with E-state index in [0.717, 1.165) is 76.2 Å². The van der Waals surface area contributed by atoms with E-state index >= 15 is 0 Å². The molecule has 5 aliphatic rings. The summed E-state index contributed by atoms with van der Waals surface area (Å²) in [6, 6.07) is 14.0. The zero-order valence-electron chi connectivity index (χ0n) is 42.7. The van der Waals surface area contributed by atoms with Gasteiger partial charge in [0.25, 0.3) is 5.91 Å². The zero-order chi connectivity index (χ0) is 49.6. The number of carbonyl (C=O) groups is 4. The van der Waals surface area contributed by atoms with Gasteiger partial charge in [0.1, 0.15) is 23.9 Å². The predicted molar refractivity (Wildman–Crippen MR) is 266 cm³/mol. The van der Waals surface area contributed by atoms with Crippen molar-refractivity contribution in [1.82, 2.24) is 10.6 Å². The van der Waals surface area contributed by atoms with Gasteiger partial charge in [0, 0.05) is 43.4 Å². The standard InChI is InChI=1S/C57H80N2O10/c1-9-11-15-27-57(28-16-12-10-2)66-47-33-41(51(62)58-35-37-18-17-20-40(30-37)52(63)59-42(36-60)23-25-49(61)68-54(3,4)5)32-46(50(47)69-57)65-53(64)43-21-14-13-19-38(43)31-39-22-24-48-56(8,67-48)29-26-45-44(39)34-55(45,6)7/h13-14,17-21,30-31,33,42,44-48,50,60H,9-12,15-16,22-29,32,34-36H2,1-8H3,(H,58,62)(H,59,63)/t42-,44+,45+,46+,47+,48?,50-,56+/m0/s1. The Balaban J connectivity index is 1.07. The number of nitrogens with one attached hydrogen (secondary N) is 2. The molecular formula is C57H80N2O10. The molecule has 1 unspecified atom stereocenters. The highest BCUT2D eigenvalue weighted by atomic mass is 16.8. The second-order valence-electron chi connectivity index (χ2n) is 22.4. The second-order valence-corrected chi connectivity index (χ2v) is 22.4. The highest BCUT2D eigenvalue weighted by Crippen LogP contribution is 2.60. The number of fused-ring (bicyclic) bond motifs is 3. The molecule has 7 rings (SSSR count). The second kappa shape index (κ2) is 22.4. The Morgan fingerprint density at radius 1 is 0.913 bits per heavy atom. The monoisotopic (exact) mass is 953 g/mol.